The number of benzene rings is 2. The molecule has 1 aromatic heterocycles. The molecule has 3 aromatic rings. The van der Waals surface area contributed by atoms with Crippen molar-refractivity contribution in [2.75, 3.05) is 90.0 Å². The van der Waals surface area contributed by atoms with E-state index < -0.39 is 12.2 Å². The van der Waals surface area contributed by atoms with Gasteiger partial charge >= 0.3 is 12.2 Å². The first kappa shape index (κ1) is 41.7. The highest BCUT2D eigenvalue weighted by Gasteiger charge is 2.19. The molecule has 0 spiro atoms. The predicted octanol–water partition coefficient (Wildman–Crippen LogP) is 3.68. The first-order valence-corrected chi connectivity index (χ1v) is 18.5. The van der Waals surface area contributed by atoms with Gasteiger partial charge in [0, 0.05) is 63.9 Å². The monoisotopic (exact) mass is 758 g/mol. The summed E-state index contributed by atoms with van der Waals surface area (Å²) < 4.78 is 9.10. The molecule has 4 N–H and O–H groups in total. The zero-order chi connectivity index (χ0) is 39.6. The van der Waals surface area contributed by atoms with E-state index in [4.69, 9.17) is 0 Å². The van der Waals surface area contributed by atoms with Crippen LogP contribution in [-0.2, 0) is 25.6 Å². The van der Waals surface area contributed by atoms with Gasteiger partial charge in [-0.25, -0.2) is 14.6 Å². The van der Waals surface area contributed by atoms with Gasteiger partial charge in [-0.1, -0.05) is 38.1 Å². The number of alkyl carbamates (subject to hydrolysis) is 2. The topological polar surface area (TPSA) is 177 Å². The molecule has 0 bridgehead atoms. The number of methoxy groups -OCH3 is 2. The molecule has 0 aliphatic carbocycles. The standard InChI is InChI=1S/C39H54N10O6/c1-6-17-48(36(50)26-43-38(52)54-4)19-16-41-24-33(40-3)29-8-12-31(13-9-29)46-20-22-47(23-21-46)32-14-10-30(11-15-32)34-25-42-35(45-34)28-49(18-7-2)37(51)27-44-39(53)55-5/h8-16,24-25,40H,6-7,17-23,26-28H2,1-5H3,(H,42,45)(H,43,52)(H,44,53)/b33-24-,41-16?. The quantitative estimate of drug-likeness (QED) is 0.140. The van der Waals surface area contributed by atoms with Gasteiger partial charge in [-0.15, -0.1) is 0 Å². The fourth-order valence-electron chi connectivity index (χ4n) is 6.07. The molecule has 2 aromatic carbocycles. The van der Waals surface area contributed by atoms with Crippen LogP contribution in [0.15, 0.2) is 65.9 Å². The highest BCUT2D eigenvalue weighted by Crippen LogP contribution is 2.25. The smallest absolute Gasteiger partial charge is 0.407 e. The minimum absolute atomic E-state index is 0.131. The van der Waals surface area contributed by atoms with Crippen molar-refractivity contribution in [1.82, 2.24) is 35.7 Å². The van der Waals surface area contributed by atoms with Crippen LogP contribution in [-0.4, -0.2) is 130 Å². The lowest BCUT2D eigenvalue weighted by Crippen LogP contribution is -2.46. The Kier molecular flexibility index (Phi) is 16.4. The number of hydrogen-bond acceptors (Lipinski definition) is 11. The second-order valence-corrected chi connectivity index (χ2v) is 12.8. The number of carbonyl (C=O) groups excluding carboxylic acids is 4. The van der Waals surface area contributed by atoms with E-state index in [1.54, 1.807) is 28.4 Å². The maximum absolute atomic E-state index is 12.7. The number of hydrogen-bond donors (Lipinski definition) is 4. The van der Waals surface area contributed by atoms with Gasteiger partial charge in [0.2, 0.25) is 11.8 Å². The number of aliphatic imine (C=N–C) groups is 1. The van der Waals surface area contributed by atoms with Gasteiger partial charge in [0.15, 0.2) is 0 Å². The molecular weight excluding hydrogens is 704 g/mol. The summed E-state index contributed by atoms with van der Waals surface area (Å²) in [7, 11) is 4.37. The number of aromatic nitrogens is 2. The average Bonchev–Trinajstić information content (AvgIpc) is 3.69. The molecule has 1 aliphatic heterocycles. The van der Waals surface area contributed by atoms with E-state index >= 15 is 0 Å². The number of imidazole rings is 1. The SMILES string of the molecule is CCCN(CC=N/C=C(\NC)c1ccc(N2CCN(c3ccc(-c4cnc(CN(CCC)C(=O)CNC(=O)OC)[nH]4)cc3)CC2)cc1)C(=O)CNC(=O)OC. The minimum Gasteiger partial charge on any atom is -0.453 e. The molecular formula is C39H54N10O6. The summed E-state index contributed by atoms with van der Waals surface area (Å²) in [5.74, 6) is 0.255. The highest BCUT2D eigenvalue weighted by atomic mass is 16.5. The number of nitrogens with zero attached hydrogens (tertiary/aromatic N) is 6. The molecule has 0 saturated carbocycles. The summed E-state index contributed by atoms with van der Waals surface area (Å²) in [5.41, 5.74) is 6.02. The van der Waals surface area contributed by atoms with Crippen LogP contribution in [0.2, 0.25) is 0 Å². The van der Waals surface area contributed by atoms with E-state index in [1.165, 1.54) is 14.2 Å². The summed E-state index contributed by atoms with van der Waals surface area (Å²) in [5, 5.41) is 8.08. The molecule has 55 heavy (non-hydrogen) atoms. The van der Waals surface area contributed by atoms with Gasteiger partial charge in [0.25, 0.3) is 0 Å². The summed E-state index contributed by atoms with van der Waals surface area (Å²) in [4.78, 5) is 68.2. The Hall–Kier alpha value is -6.06. The molecule has 16 nitrogen and oxygen atoms in total. The van der Waals surface area contributed by atoms with Crippen molar-refractivity contribution in [2.24, 2.45) is 4.99 Å². The molecule has 2 heterocycles. The van der Waals surface area contributed by atoms with Crippen LogP contribution < -0.4 is 25.8 Å². The molecule has 0 unspecified atom stereocenters. The van der Waals surface area contributed by atoms with E-state index in [0.29, 0.717) is 32.0 Å². The number of nitrogens with one attached hydrogen (secondary N) is 4. The molecule has 1 saturated heterocycles. The third-order valence-corrected chi connectivity index (χ3v) is 9.05. The first-order valence-electron chi connectivity index (χ1n) is 18.5. The maximum atomic E-state index is 12.7. The van der Waals surface area contributed by atoms with E-state index in [1.807, 2.05) is 20.9 Å². The molecule has 296 valence electrons. The van der Waals surface area contributed by atoms with Crippen molar-refractivity contribution in [1.29, 1.82) is 0 Å². The Morgan fingerprint density at radius 1 is 0.818 bits per heavy atom. The van der Waals surface area contributed by atoms with Gasteiger partial charge < -0.3 is 50.0 Å². The average molecular weight is 759 g/mol. The van der Waals surface area contributed by atoms with Crippen molar-refractivity contribution < 1.29 is 28.7 Å². The van der Waals surface area contributed by atoms with Crippen molar-refractivity contribution in [3.63, 3.8) is 0 Å². The molecule has 4 amide bonds. The van der Waals surface area contributed by atoms with Gasteiger partial charge in [-0.3, -0.25) is 14.6 Å². The molecule has 1 aliphatic rings. The Morgan fingerprint density at radius 3 is 1.87 bits per heavy atom. The number of piperazine rings is 1. The third kappa shape index (κ3) is 12.5. The molecule has 0 atom stereocenters. The Balaban J connectivity index is 1.28. The summed E-state index contributed by atoms with van der Waals surface area (Å²) in [6, 6.07) is 16.8. The number of carbonyl (C=O) groups is 4. The summed E-state index contributed by atoms with van der Waals surface area (Å²) in [6.45, 7) is 8.98. The van der Waals surface area contributed by atoms with E-state index in [2.05, 4.69) is 98.7 Å². The van der Waals surface area contributed by atoms with Crippen LogP contribution >= 0.6 is 0 Å². The largest absolute Gasteiger partial charge is 0.453 e. The second kappa shape index (κ2) is 21.6. The van der Waals surface area contributed by atoms with Crippen LogP contribution in [0.25, 0.3) is 17.0 Å². The number of ether oxygens (including phenoxy) is 2. The fraction of sp³-hybridized carbons (Fsp3) is 0.436. The van der Waals surface area contributed by atoms with Gasteiger partial charge in [-0.05, 0) is 48.2 Å². The fourth-order valence-corrected chi connectivity index (χ4v) is 6.07. The van der Waals surface area contributed by atoms with Crippen molar-refractivity contribution in [3.05, 3.63) is 72.3 Å². The van der Waals surface area contributed by atoms with Gasteiger partial charge in [0.05, 0.1) is 51.1 Å². The number of aromatic amines is 1. The van der Waals surface area contributed by atoms with Crippen molar-refractivity contribution in [3.8, 4) is 11.3 Å². The van der Waals surface area contributed by atoms with E-state index in [9.17, 15) is 19.2 Å². The van der Waals surface area contributed by atoms with Crippen molar-refractivity contribution >= 4 is 47.3 Å². The summed E-state index contributed by atoms with van der Waals surface area (Å²) in [6.07, 6.45) is 5.48. The third-order valence-electron chi connectivity index (χ3n) is 9.05. The highest BCUT2D eigenvalue weighted by molar-refractivity contribution is 5.84. The Bertz CT molecular complexity index is 1750. The van der Waals surface area contributed by atoms with Crippen LogP contribution in [0.1, 0.15) is 38.1 Å². The minimum atomic E-state index is -0.643. The number of rotatable bonds is 18. The molecule has 1 fully saturated rings. The van der Waals surface area contributed by atoms with E-state index in [-0.39, 0.29) is 24.9 Å². The second-order valence-electron chi connectivity index (χ2n) is 12.8. The van der Waals surface area contributed by atoms with Crippen LogP contribution in [0, 0.1) is 0 Å². The zero-order valence-electron chi connectivity index (χ0n) is 32.5. The maximum Gasteiger partial charge on any atom is 0.407 e. The Labute approximate surface area is 322 Å². The molecule has 16 heteroatoms. The number of H-pyrrole nitrogens is 1. The normalized spacial score (nSPS) is 13.0. The van der Waals surface area contributed by atoms with Crippen molar-refractivity contribution in [2.45, 2.75) is 33.2 Å². The molecule has 4 rings (SSSR count). The predicted molar refractivity (Wildman–Crippen MR) is 214 cm³/mol. The lowest BCUT2D eigenvalue weighted by Gasteiger charge is -2.37. The lowest BCUT2D eigenvalue weighted by atomic mass is 10.1. The number of amides is 4. The van der Waals surface area contributed by atoms with E-state index in [0.717, 1.165) is 72.9 Å². The van der Waals surface area contributed by atoms with Crippen LogP contribution in [0.4, 0.5) is 21.0 Å². The number of anilines is 2. The van der Waals surface area contributed by atoms with Gasteiger partial charge in [0.1, 0.15) is 18.9 Å². The molecule has 0 radical (unpaired) electrons. The van der Waals surface area contributed by atoms with Crippen LogP contribution in [0.5, 0.6) is 0 Å². The zero-order valence-corrected chi connectivity index (χ0v) is 32.5. The van der Waals surface area contributed by atoms with Crippen LogP contribution in [0.3, 0.4) is 0 Å². The first-order chi connectivity index (χ1) is 26.7. The Morgan fingerprint density at radius 2 is 1.35 bits per heavy atom. The van der Waals surface area contributed by atoms with Gasteiger partial charge in [-0.2, -0.15) is 0 Å². The summed E-state index contributed by atoms with van der Waals surface area (Å²) >= 11 is 0. The lowest BCUT2D eigenvalue weighted by molar-refractivity contribution is -0.131.